The number of hydrogen-bond acceptors (Lipinski definition) is 5. The van der Waals surface area contributed by atoms with Gasteiger partial charge in [-0.05, 0) is 60.2 Å². The Bertz CT molecular complexity index is 1930. The van der Waals surface area contributed by atoms with Crippen molar-refractivity contribution in [3.05, 3.63) is 122 Å². The molecule has 15 heteroatoms. The van der Waals surface area contributed by atoms with E-state index in [1.807, 2.05) is 0 Å². The van der Waals surface area contributed by atoms with Crippen molar-refractivity contribution in [2.24, 2.45) is 5.73 Å². The molecule has 1 amide bonds. The van der Waals surface area contributed by atoms with Crippen LogP contribution in [0, 0.1) is 0 Å². The third-order valence-corrected chi connectivity index (χ3v) is 8.83. The minimum Gasteiger partial charge on any atom is -0.378 e. The molecule has 0 aliphatic rings. The lowest BCUT2D eigenvalue weighted by atomic mass is 10.0. The first-order valence-corrected chi connectivity index (χ1v) is 17.5. The van der Waals surface area contributed by atoms with Gasteiger partial charge in [0.05, 0.1) is 48.9 Å². The van der Waals surface area contributed by atoms with Gasteiger partial charge in [0.2, 0.25) is 0 Å². The molecule has 0 spiro atoms. The minimum atomic E-state index is -5.06. The van der Waals surface area contributed by atoms with Gasteiger partial charge in [0.15, 0.2) is 0 Å². The number of benzene rings is 4. The Morgan fingerprint density at radius 1 is 0.712 bits per heavy atom. The average Bonchev–Trinajstić information content (AvgIpc) is 3.48. The van der Waals surface area contributed by atoms with Gasteiger partial charge in [-0.15, -0.1) is 0 Å². The van der Waals surface area contributed by atoms with Gasteiger partial charge < -0.3 is 25.1 Å². The summed E-state index contributed by atoms with van der Waals surface area (Å²) in [4.78, 5) is 17.5. The fourth-order valence-corrected chi connectivity index (χ4v) is 5.84. The highest BCUT2D eigenvalue weighted by Gasteiger charge is 2.38. The Morgan fingerprint density at radius 3 is 1.79 bits per heavy atom. The standard InChI is InChI=1S/C37H32Br2F6N4O3/c38-30-9-5-24(6-10-30)32-33(25-7-11-31(39)12-8-25)49(34(48-32)27-19-28(36(40,41)42)21-29(20-27)37(43,44)45)22-23-1-3-26(4-2-23)35(50)47-14-16-52-18-17-51-15-13-46/h1-12,19-21H,13-18,22,46H2,(H,47,50). The van der Waals surface area contributed by atoms with Gasteiger partial charge in [-0.1, -0.05) is 68.3 Å². The van der Waals surface area contributed by atoms with E-state index in [0.29, 0.717) is 72.1 Å². The van der Waals surface area contributed by atoms with Crippen molar-refractivity contribution in [2.45, 2.75) is 18.9 Å². The highest BCUT2D eigenvalue weighted by Crippen LogP contribution is 2.42. The fourth-order valence-electron chi connectivity index (χ4n) is 5.31. The van der Waals surface area contributed by atoms with Gasteiger partial charge in [-0.25, -0.2) is 4.98 Å². The molecule has 0 fully saturated rings. The van der Waals surface area contributed by atoms with Crippen molar-refractivity contribution in [3.63, 3.8) is 0 Å². The Labute approximate surface area is 312 Å². The molecule has 0 unspecified atom stereocenters. The number of nitrogens with two attached hydrogens (primary N) is 1. The van der Waals surface area contributed by atoms with Crippen LogP contribution in [0.2, 0.25) is 0 Å². The van der Waals surface area contributed by atoms with Gasteiger partial charge in [0, 0.05) is 50.8 Å². The zero-order valence-electron chi connectivity index (χ0n) is 27.3. The second kappa shape index (κ2) is 17.2. The van der Waals surface area contributed by atoms with Crippen molar-refractivity contribution in [2.75, 3.05) is 39.5 Å². The van der Waals surface area contributed by atoms with Crippen LogP contribution in [0.1, 0.15) is 27.0 Å². The molecule has 4 aromatic carbocycles. The summed E-state index contributed by atoms with van der Waals surface area (Å²) in [5.74, 6) is -0.461. The molecular weight excluding hydrogens is 822 g/mol. The van der Waals surface area contributed by atoms with Crippen LogP contribution in [0.25, 0.3) is 33.9 Å². The Hall–Kier alpha value is -4.02. The van der Waals surface area contributed by atoms with Crippen LogP contribution in [0.15, 0.2) is 99.9 Å². The summed E-state index contributed by atoms with van der Waals surface area (Å²) in [6.07, 6.45) is -10.1. The average molecular weight is 854 g/mol. The SMILES string of the molecule is NCCOCCOCCNC(=O)c1ccc(Cn2c(-c3cc(C(F)(F)F)cc(C(F)(F)F)c3)nc(-c3ccc(Br)cc3)c2-c2ccc(Br)cc2)cc1. The van der Waals surface area contributed by atoms with Crippen LogP contribution in [0.3, 0.4) is 0 Å². The van der Waals surface area contributed by atoms with Crippen LogP contribution >= 0.6 is 31.9 Å². The lowest BCUT2D eigenvalue weighted by Gasteiger charge is -2.17. The molecule has 0 saturated carbocycles. The number of amides is 1. The summed E-state index contributed by atoms with van der Waals surface area (Å²) in [7, 11) is 0. The molecule has 0 atom stereocenters. The molecule has 0 bridgehead atoms. The predicted octanol–water partition coefficient (Wildman–Crippen LogP) is 9.22. The normalized spacial score (nSPS) is 11.9. The maximum atomic E-state index is 14.0. The van der Waals surface area contributed by atoms with Gasteiger partial charge in [-0.2, -0.15) is 26.3 Å². The lowest BCUT2D eigenvalue weighted by molar-refractivity contribution is -0.143. The number of nitrogens with one attached hydrogen (secondary N) is 1. The van der Waals surface area contributed by atoms with Crippen molar-refractivity contribution >= 4 is 37.8 Å². The lowest BCUT2D eigenvalue weighted by Crippen LogP contribution is -2.27. The van der Waals surface area contributed by atoms with E-state index in [-0.39, 0.29) is 43.1 Å². The quantitative estimate of drug-likeness (QED) is 0.0860. The maximum absolute atomic E-state index is 14.0. The molecule has 3 N–H and O–H groups in total. The van der Waals surface area contributed by atoms with E-state index < -0.39 is 23.5 Å². The zero-order chi connectivity index (χ0) is 37.5. The van der Waals surface area contributed by atoms with E-state index in [4.69, 9.17) is 20.2 Å². The third kappa shape index (κ3) is 10.1. The number of hydrogen-bond donors (Lipinski definition) is 2. The maximum Gasteiger partial charge on any atom is 0.416 e. The van der Waals surface area contributed by atoms with Crippen LogP contribution < -0.4 is 11.1 Å². The minimum absolute atomic E-state index is 0.0101. The Balaban J connectivity index is 1.56. The molecule has 0 aliphatic heterocycles. The fraction of sp³-hybridized carbons (Fsp3) is 0.243. The molecule has 5 aromatic rings. The van der Waals surface area contributed by atoms with Crippen molar-refractivity contribution in [1.82, 2.24) is 14.9 Å². The number of imidazole rings is 1. The summed E-state index contributed by atoms with van der Waals surface area (Å²) in [6, 6.07) is 22.1. The highest BCUT2D eigenvalue weighted by molar-refractivity contribution is 9.10. The second-order valence-electron chi connectivity index (χ2n) is 11.5. The molecule has 0 radical (unpaired) electrons. The summed E-state index contributed by atoms with van der Waals surface area (Å²) >= 11 is 6.82. The van der Waals surface area contributed by atoms with E-state index in [9.17, 15) is 31.1 Å². The monoisotopic (exact) mass is 852 g/mol. The summed E-state index contributed by atoms with van der Waals surface area (Å²) < 4.78 is 97.9. The number of alkyl halides is 6. The summed E-state index contributed by atoms with van der Waals surface area (Å²) in [5.41, 5.74) is 5.06. The first-order chi connectivity index (χ1) is 24.7. The first-order valence-electron chi connectivity index (χ1n) is 15.9. The molecule has 7 nitrogen and oxygen atoms in total. The smallest absolute Gasteiger partial charge is 0.378 e. The topological polar surface area (TPSA) is 91.4 Å². The predicted molar refractivity (Wildman–Crippen MR) is 193 cm³/mol. The molecule has 52 heavy (non-hydrogen) atoms. The second-order valence-corrected chi connectivity index (χ2v) is 13.3. The number of nitrogens with zero attached hydrogens (tertiary/aromatic N) is 2. The Morgan fingerprint density at radius 2 is 1.25 bits per heavy atom. The van der Waals surface area contributed by atoms with Gasteiger partial charge in [0.1, 0.15) is 5.82 Å². The van der Waals surface area contributed by atoms with Crippen molar-refractivity contribution < 1.29 is 40.6 Å². The largest absolute Gasteiger partial charge is 0.416 e. The molecule has 0 aliphatic carbocycles. The number of aromatic nitrogens is 2. The molecule has 0 saturated heterocycles. The molecule has 274 valence electrons. The number of carbonyl (C=O) groups is 1. The van der Waals surface area contributed by atoms with Crippen LogP contribution in [-0.4, -0.2) is 55.0 Å². The third-order valence-electron chi connectivity index (χ3n) is 7.77. The van der Waals surface area contributed by atoms with Crippen LogP contribution in [0.4, 0.5) is 26.3 Å². The highest BCUT2D eigenvalue weighted by atomic mass is 79.9. The number of ether oxygens (including phenoxy) is 2. The Kier molecular flexibility index (Phi) is 13.0. The number of halogens is 8. The van der Waals surface area contributed by atoms with Gasteiger partial charge >= 0.3 is 12.4 Å². The van der Waals surface area contributed by atoms with Crippen molar-refractivity contribution in [1.29, 1.82) is 0 Å². The summed E-state index contributed by atoms with van der Waals surface area (Å²) in [6.45, 7) is 2.09. The van der Waals surface area contributed by atoms with E-state index in [0.717, 1.165) is 8.95 Å². The van der Waals surface area contributed by atoms with E-state index in [1.165, 1.54) is 0 Å². The van der Waals surface area contributed by atoms with Crippen LogP contribution in [0.5, 0.6) is 0 Å². The summed E-state index contributed by atoms with van der Waals surface area (Å²) in [5, 5.41) is 2.77. The first kappa shape index (κ1) is 39.2. The van der Waals surface area contributed by atoms with E-state index in [2.05, 4.69) is 37.2 Å². The zero-order valence-corrected chi connectivity index (χ0v) is 30.5. The van der Waals surface area contributed by atoms with Gasteiger partial charge in [0.25, 0.3) is 5.91 Å². The van der Waals surface area contributed by atoms with E-state index in [1.54, 1.807) is 77.4 Å². The van der Waals surface area contributed by atoms with Crippen molar-refractivity contribution in [3.8, 4) is 33.9 Å². The number of carbonyl (C=O) groups excluding carboxylic acids is 1. The molecule has 1 aromatic heterocycles. The molecule has 1 heterocycles. The van der Waals surface area contributed by atoms with E-state index >= 15 is 0 Å². The van der Waals surface area contributed by atoms with Crippen LogP contribution in [-0.2, 0) is 28.4 Å². The molecular formula is C37H32Br2F6N4O3. The molecule has 5 rings (SSSR count). The number of rotatable bonds is 14. The van der Waals surface area contributed by atoms with Gasteiger partial charge in [-0.3, -0.25) is 4.79 Å².